The summed E-state index contributed by atoms with van der Waals surface area (Å²) in [4.78, 5) is 0. The average Bonchev–Trinajstić information content (AvgIpc) is 3.20. The van der Waals surface area contributed by atoms with Crippen molar-refractivity contribution >= 4 is 0 Å². The first-order chi connectivity index (χ1) is 13.3. The van der Waals surface area contributed by atoms with Crippen LogP contribution in [0, 0.1) is 5.92 Å². The molecule has 0 fully saturated rings. The minimum atomic E-state index is -1.16. The highest BCUT2D eigenvalue weighted by Gasteiger charge is 2.55. The SMILES string of the molecule is OC1([C+]2c3ccccc3-c3ccccc32)c2ccccc2-c2ccccc21. The molecule has 1 nitrogen and oxygen atoms in total. The molecule has 0 heterocycles. The summed E-state index contributed by atoms with van der Waals surface area (Å²) in [5.74, 6) is 0.992. The molecule has 0 atom stereocenters. The van der Waals surface area contributed by atoms with E-state index in [0.29, 0.717) is 0 Å². The van der Waals surface area contributed by atoms with Gasteiger partial charge in [-0.15, -0.1) is 0 Å². The van der Waals surface area contributed by atoms with E-state index in [2.05, 4.69) is 72.8 Å². The molecule has 1 N–H and O–H groups in total. The highest BCUT2D eigenvalue weighted by Crippen LogP contribution is 2.59. The number of benzene rings is 4. The first kappa shape index (κ1) is 14.8. The summed E-state index contributed by atoms with van der Waals surface area (Å²) in [6.45, 7) is 0. The van der Waals surface area contributed by atoms with E-state index in [4.69, 9.17) is 0 Å². The molecule has 126 valence electrons. The quantitative estimate of drug-likeness (QED) is 0.448. The molecule has 6 rings (SSSR count). The van der Waals surface area contributed by atoms with Crippen LogP contribution in [0.2, 0.25) is 0 Å². The Labute approximate surface area is 158 Å². The molecule has 2 aliphatic carbocycles. The summed E-state index contributed by atoms with van der Waals surface area (Å²) in [6, 6.07) is 33.3. The normalized spacial score (nSPS) is 15.1. The van der Waals surface area contributed by atoms with Gasteiger partial charge in [0.25, 0.3) is 0 Å². The number of rotatable bonds is 1. The lowest BCUT2D eigenvalue weighted by Gasteiger charge is -2.29. The molecule has 1 heteroatoms. The van der Waals surface area contributed by atoms with Gasteiger partial charge in [0.15, 0.2) is 5.60 Å². The monoisotopic (exact) mass is 345 g/mol. The highest BCUT2D eigenvalue weighted by atomic mass is 16.3. The summed E-state index contributed by atoms with van der Waals surface area (Å²) in [5.41, 5.74) is 7.63. The molecule has 0 saturated heterocycles. The lowest BCUT2D eigenvalue weighted by molar-refractivity contribution is 0.111. The molecule has 0 aromatic heterocycles. The zero-order chi connectivity index (χ0) is 18.0. The van der Waals surface area contributed by atoms with Crippen molar-refractivity contribution in [2.75, 3.05) is 0 Å². The number of hydrogen-bond acceptors (Lipinski definition) is 1. The number of hydrogen-bond donors (Lipinski definition) is 1. The molecule has 0 aliphatic heterocycles. The third-order valence-electron chi connectivity index (χ3n) is 5.97. The lowest BCUT2D eigenvalue weighted by Crippen LogP contribution is -2.33. The Morgan fingerprint density at radius 2 is 0.852 bits per heavy atom. The maximum Gasteiger partial charge on any atom is 0.171 e. The molecule has 0 radical (unpaired) electrons. The first-order valence-electron chi connectivity index (χ1n) is 9.28. The second-order valence-electron chi connectivity index (χ2n) is 7.27. The van der Waals surface area contributed by atoms with Gasteiger partial charge < -0.3 is 5.11 Å². The van der Waals surface area contributed by atoms with E-state index in [1.165, 1.54) is 11.1 Å². The van der Waals surface area contributed by atoms with Crippen molar-refractivity contribution in [3.63, 3.8) is 0 Å². The third-order valence-corrected chi connectivity index (χ3v) is 5.97. The van der Waals surface area contributed by atoms with Crippen LogP contribution in [0.5, 0.6) is 0 Å². The van der Waals surface area contributed by atoms with Crippen LogP contribution in [-0.2, 0) is 5.60 Å². The molecule has 0 spiro atoms. The standard InChI is InChI=1S/C26H17O/c27-26(23-15-7-5-11-19(23)20-12-6-8-16-24(20)26)25-21-13-3-1-9-17(21)18-10-2-4-14-22(18)25/h1-16,27H/q+1. The summed E-state index contributed by atoms with van der Waals surface area (Å²) < 4.78 is 0. The van der Waals surface area contributed by atoms with Crippen LogP contribution in [0.3, 0.4) is 0 Å². The van der Waals surface area contributed by atoms with Gasteiger partial charge in [0.2, 0.25) is 0 Å². The molecule has 4 aromatic carbocycles. The van der Waals surface area contributed by atoms with Crippen molar-refractivity contribution in [1.29, 1.82) is 0 Å². The van der Waals surface area contributed by atoms with Gasteiger partial charge in [-0.3, -0.25) is 0 Å². The van der Waals surface area contributed by atoms with E-state index < -0.39 is 5.60 Å². The van der Waals surface area contributed by atoms with E-state index in [-0.39, 0.29) is 0 Å². The predicted molar refractivity (Wildman–Crippen MR) is 108 cm³/mol. The molecular weight excluding hydrogens is 328 g/mol. The summed E-state index contributed by atoms with van der Waals surface area (Å²) in [5, 5.41) is 12.4. The Hall–Kier alpha value is -3.29. The van der Waals surface area contributed by atoms with Gasteiger partial charge >= 0.3 is 0 Å². The molecule has 2 aliphatic rings. The Balaban J connectivity index is 1.73. The topological polar surface area (TPSA) is 20.2 Å². The molecule has 27 heavy (non-hydrogen) atoms. The minimum absolute atomic E-state index is 0.965. The Kier molecular flexibility index (Phi) is 2.81. The lowest BCUT2D eigenvalue weighted by atomic mass is 9.74. The fourth-order valence-electron chi connectivity index (χ4n) is 4.89. The molecule has 0 bridgehead atoms. The van der Waals surface area contributed by atoms with E-state index in [9.17, 15) is 5.11 Å². The zero-order valence-corrected chi connectivity index (χ0v) is 14.7. The van der Waals surface area contributed by atoms with Gasteiger partial charge in [-0.2, -0.15) is 0 Å². The summed E-state index contributed by atoms with van der Waals surface area (Å²) >= 11 is 0. The maximum absolute atomic E-state index is 12.4. The van der Waals surface area contributed by atoms with Crippen LogP contribution in [0.25, 0.3) is 22.3 Å². The molecule has 0 unspecified atom stereocenters. The van der Waals surface area contributed by atoms with Crippen molar-refractivity contribution in [1.82, 2.24) is 0 Å². The van der Waals surface area contributed by atoms with Gasteiger partial charge in [-0.05, 0) is 47.5 Å². The predicted octanol–water partition coefficient (Wildman–Crippen LogP) is 5.55. The largest absolute Gasteiger partial charge is 0.369 e. The van der Waals surface area contributed by atoms with Crippen LogP contribution >= 0.6 is 0 Å². The van der Waals surface area contributed by atoms with E-state index >= 15 is 0 Å². The van der Waals surface area contributed by atoms with Crippen molar-refractivity contribution < 1.29 is 5.11 Å². The zero-order valence-electron chi connectivity index (χ0n) is 14.7. The van der Waals surface area contributed by atoms with Crippen molar-refractivity contribution in [2.45, 2.75) is 5.60 Å². The van der Waals surface area contributed by atoms with Gasteiger partial charge in [0, 0.05) is 23.3 Å². The molecule has 0 saturated carbocycles. The van der Waals surface area contributed by atoms with Crippen molar-refractivity contribution in [3.05, 3.63) is 125 Å². The Morgan fingerprint density at radius 3 is 1.33 bits per heavy atom. The van der Waals surface area contributed by atoms with Gasteiger partial charge in [0.1, 0.15) is 0 Å². The van der Waals surface area contributed by atoms with Crippen molar-refractivity contribution in [3.8, 4) is 22.3 Å². The van der Waals surface area contributed by atoms with Gasteiger partial charge in [-0.25, -0.2) is 0 Å². The second kappa shape index (κ2) is 5.12. The Morgan fingerprint density at radius 1 is 0.481 bits per heavy atom. The van der Waals surface area contributed by atoms with Crippen LogP contribution in [-0.4, -0.2) is 5.11 Å². The summed E-state index contributed by atoms with van der Waals surface area (Å²) in [6.07, 6.45) is 0. The highest BCUT2D eigenvalue weighted by molar-refractivity contribution is 5.90. The number of aliphatic hydroxyl groups is 1. The molecular formula is C26H17O+. The minimum Gasteiger partial charge on any atom is -0.369 e. The van der Waals surface area contributed by atoms with Crippen LogP contribution in [0.4, 0.5) is 0 Å². The van der Waals surface area contributed by atoms with E-state index in [0.717, 1.165) is 39.3 Å². The van der Waals surface area contributed by atoms with Gasteiger partial charge in [-0.1, -0.05) is 48.5 Å². The fraction of sp³-hybridized carbons (Fsp3) is 0.0385. The summed E-state index contributed by atoms with van der Waals surface area (Å²) in [7, 11) is 0. The number of fused-ring (bicyclic) bond motifs is 6. The van der Waals surface area contributed by atoms with Crippen LogP contribution in [0.1, 0.15) is 22.3 Å². The third kappa shape index (κ3) is 1.75. The van der Waals surface area contributed by atoms with Crippen LogP contribution in [0.15, 0.2) is 97.1 Å². The Bertz CT molecular complexity index is 1110. The molecule has 0 amide bonds. The van der Waals surface area contributed by atoms with Crippen molar-refractivity contribution in [2.24, 2.45) is 0 Å². The van der Waals surface area contributed by atoms with E-state index in [1.54, 1.807) is 0 Å². The van der Waals surface area contributed by atoms with Gasteiger partial charge in [0.05, 0.1) is 28.2 Å². The van der Waals surface area contributed by atoms with Crippen LogP contribution < -0.4 is 0 Å². The first-order valence-corrected chi connectivity index (χ1v) is 9.28. The fourth-order valence-corrected chi connectivity index (χ4v) is 4.89. The smallest absolute Gasteiger partial charge is 0.171 e. The maximum atomic E-state index is 12.4. The molecule has 4 aromatic rings. The van der Waals surface area contributed by atoms with E-state index in [1.807, 2.05) is 24.3 Å². The second-order valence-corrected chi connectivity index (χ2v) is 7.27. The average molecular weight is 345 g/mol.